The van der Waals surface area contributed by atoms with Crippen molar-refractivity contribution in [3.63, 3.8) is 0 Å². The van der Waals surface area contributed by atoms with Gasteiger partial charge < -0.3 is 8.83 Å². The molecule has 0 atom stereocenters. The molecule has 0 radical (unpaired) electrons. The minimum atomic E-state index is 0.555. The summed E-state index contributed by atoms with van der Waals surface area (Å²) in [5.74, 6) is 2.33. The van der Waals surface area contributed by atoms with E-state index in [0.29, 0.717) is 34.5 Å². The molecular formula is C44H26N4O2. The molecule has 0 fully saturated rings. The Morgan fingerprint density at radius 3 is 1.70 bits per heavy atom. The molecule has 0 amide bonds. The summed E-state index contributed by atoms with van der Waals surface area (Å²) in [5.41, 5.74) is 8.65. The normalized spacial score (nSPS) is 11.6. The van der Waals surface area contributed by atoms with E-state index in [9.17, 15) is 0 Å². The number of nitrogens with zero attached hydrogens (tertiary/aromatic N) is 4. The average Bonchev–Trinajstić information content (AvgIpc) is 3.80. The highest BCUT2D eigenvalue weighted by Gasteiger charge is 2.20. The van der Waals surface area contributed by atoms with Crippen LogP contribution in [0.15, 0.2) is 167 Å². The van der Waals surface area contributed by atoms with Gasteiger partial charge in [-0.2, -0.15) is 0 Å². The molecule has 3 heterocycles. The van der Waals surface area contributed by atoms with Gasteiger partial charge in [0.15, 0.2) is 23.1 Å². The molecule has 0 aliphatic carbocycles. The van der Waals surface area contributed by atoms with Crippen LogP contribution in [0.1, 0.15) is 0 Å². The first-order valence-electron chi connectivity index (χ1n) is 16.5. The lowest BCUT2D eigenvalue weighted by molar-refractivity contribution is 0.622. The highest BCUT2D eigenvalue weighted by Crippen LogP contribution is 2.39. The molecule has 10 rings (SSSR count). The number of oxazole rings is 1. The molecule has 0 bridgehead atoms. The van der Waals surface area contributed by atoms with Crippen molar-refractivity contribution in [3.05, 3.63) is 158 Å². The number of benzene rings is 7. The van der Waals surface area contributed by atoms with E-state index in [2.05, 4.69) is 66.7 Å². The quantitative estimate of drug-likeness (QED) is 0.186. The highest BCUT2D eigenvalue weighted by atomic mass is 16.4. The Kier molecular flexibility index (Phi) is 6.39. The maximum Gasteiger partial charge on any atom is 0.227 e. The van der Waals surface area contributed by atoms with Crippen molar-refractivity contribution in [1.29, 1.82) is 0 Å². The molecule has 0 unspecified atom stereocenters. The lowest BCUT2D eigenvalue weighted by Gasteiger charge is -2.13. The monoisotopic (exact) mass is 642 g/mol. The van der Waals surface area contributed by atoms with Crippen LogP contribution in [0.2, 0.25) is 0 Å². The number of rotatable bonds is 5. The Labute approximate surface area is 286 Å². The number of furan rings is 1. The van der Waals surface area contributed by atoms with E-state index in [0.717, 1.165) is 66.0 Å². The number of hydrogen-bond acceptors (Lipinski definition) is 6. The van der Waals surface area contributed by atoms with Crippen molar-refractivity contribution < 1.29 is 8.83 Å². The molecule has 0 aliphatic heterocycles. The molecule has 6 heteroatoms. The fourth-order valence-corrected chi connectivity index (χ4v) is 6.71. The van der Waals surface area contributed by atoms with Gasteiger partial charge in [-0.3, -0.25) is 0 Å². The van der Waals surface area contributed by atoms with Crippen LogP contribution in [0.5, 0.6) is 0 Å². The topological polar surface area (TPSA) is 77.8 Å². The van der Waals surface area contributed by atoms with Gasteiger partial charge in [0.05, 0.1) is 5.39 Å². The zero-order valence-corrected chi connectivity index (χ0v) is 26.6. The SMILES string of the molecule is c1ccc(-c2nc(-c3ccc4c(c3)oc3ccc5nc(-c6ccccc6)oc5c34)nc(-c3cc4ccccc4cc3-c3ccccc3)n2)cc1. The van der Waals surface area contributed by atoms with E-state index in [4.69, 9.17) is 28.8 Å². The van der Waals surface area contributed by atoms with Crippen molar-refractivity contribution in [1.82, 2.24) is 19.9 Å². The van der Waals surface area contributed by atoms with E-state index in [1.807, 2.05) is 91.0 Å². The van der Waals surface area contributed by atoms with E-state index in [1.54, 1.807) is 0 Å². The largest absolute Gasteiger partial charge is 0.456 e. The summed E-state index contributed by atoms with van der Waals surface area (Å²) in [6, 6.07) is 53.1. The molecule has 0 N–H and O–H groups in total. The predicted octanol–water partition coefficient (Wildman–Crippen LogP) is 11.4. The van der Waals surface area contributed by atoms with Gasteiger partial charge in [0.25, 0.3) is 0 Å². The van der Waals surface area contributed by atoms with Gasteiger partial charge in [0.2, 0.25) is 5.89 Å². The van der Waals surface area contributed by atoms with E-state index < -0.39 is 0 Å². The van der Waals surface area contributed by atoms with Crippen molar-refractivity contribution in [2.24, 2.45) is 0 Å². The van der Waals surface area contributed by atoms with Gasteiger partial charge in [-0.25, -0.2) is 19.9 Å². The van der Waals surface area contributed by atoms with Gasteiger partial charge in [-0.1, -0.05) is 109 Å². The summed E-state index contributed by atoms with van der Waals surface area (Å²) in [4.78, 5) is 20.0. The number of hydrogen-bond donors (Lipinski definition) is 0. The van der Waals surface area contributed by atoms with Crippen LogP contribution in [0.25, 0.3) is 101 Å². The van der Waals surface area contributed by atoms with Gasteiger partial charge in [-0.05, 0) is 70.4 Å². The van der Waals surface area contributed by atoms with Crippen LogP contribution >= 0.6 is 0 Å². The van der Waals surface area contributed by atoms with Crippen LogP contribution in [0, 0.1) is 0 Å². The molecule has 3 aromatic heterocycles. The van der Waals surface area contributed by atoms with Gasteiger partial charge in [0.1, 0.15) is 16.7 Å². The Balaban J connectivity index is 1.17. The summed E-state index contributed by atoms with van der Waals surface area (Å²) in [7, 11) is 0. The Bertz CT molecular complexity index is 2860. The van der Waals surface area contributed by atoms with Crippen molar-refractivity contribution in [2.75, 3.05) is 0 Å². The number of fused-ring (bicyclic) bond motifs is 6. The van der Waals surface area contributed by atoms with Crippen LogP contribution in [0.3, 0.4) is 0 Å². The van der Waals surface area contributed by atoms with Crippen molar-refractivity contribution >= 4 is 43.8 Å². The second-order valence-corrected chi connectivity index (χ2v) is 12.3. The van der Waals surface area contributed by atoms with Crippen molar-refractivity contribution in [3.8, 4) is 56.7 Å². The lowest BCUT2D eigenvalue weighted by atomic mass is 9.95. The molecule has 0 saturated heterocycles. The van der Waals surface area contributed by atoms with Crippen molar-refractivity contribution in [2.45, 2.75) is 0 Å². The summed E-state index contributed by atoms with van der Waals surface area (Å²) in [6.07, 6.45) is 0. The fourth-order valence-electron chi connectivity index (χ4n) is 6.71. The van der Waals surface area contributed by atoms with Crippen LogP contribution < -0.4 is 0 Å². The maximum atomic E-state index is 6.43. The van der Waals surface area contributed by atoms with Crippen LogP contribution in [0.4, 0.5) is 0 Å². The zero-order chi connectivity index (χ0) is 33.0. The molecular weight excluding hydrogens is 617 g/mol. The zero-order valence-electron chi connectivity index (χ0n) is 26.6. The van der Waals surface area contributed by atoms with E-state index in [-0.39, 0.29) is 0 Å². The lowest BCUT2D eigenvalue weighted by Crippen LogP contribution is -2.01. The first-order chi connectivity index (χ1) is 24.7. The van der Waals surface area contributed by atoms with Crippen LogP contribution in [-0.4, -0.2) is 19.9 Å². The molecule has 10 aromatic rings. The Hall–Kier alpha value is -6.92. The molecule has 6 nitrogen and oxygen atoms in total. The summed E-state index contributed by atoms with van der Waals surface area (Å²) >= 11 is 0. The molecule has 0 spiro atoms. The van der Waals surface area contributed by atoms with Gasteiger partial charge in [0, 0.05) is 27.6 Å². The standard InChI is InChI=1S/C44H26N4O2/c1-4-12-27(13-5-1)34-24-30-18-10-11-19-31(30)25-35(34)43-47-41(28-14-6-2-7-15-28)46-42(48-43)32-20-21-33-38(26-32)49-37-23-22-36-40(39(33)37)50-44(45-36)29-16-8-3-9-17-29/h1-26H. The van der Waals surface area contributed by atoms with Crippen LogP contribution in [-0.2, 0) is 0 Å². The molecule has 0 saturated carbocycles. The summed E-state index contributed by atoms with van der Waals surface area (Å²) in [5, 5.41) is 4.09. The second-order valence-electron chi connectivity index (χ2n) is 12.3. The molecule has 234 valence electrons. The molecule has 7 aromatic carbocycles. The van der Waals surface area contributed by atoms with E-state index >= 15 is 0 Å². The third kappa shape index (κ3) is 4.73. The van der Waals surface area contributed by atoms with Gasteiger partial charge >= 0.3 is 0 Å². The minimum absolute atomic E-state index is 0.555. The summed E-state index contributed by atoms with van der Waals surface area (Å²) in [6.45, 7) is 0. The fraction of sp³-hybridized carbons (Fsp3) is 0. The van der Waals surface area contributed by atoms with Gasteiger partial charge in [-0.15, -0.1) is 0 Å². The first kappa shape index (κ1) is 28.1. The second kappa shape index (κ2) is 11.4. The molecule has 0 aliphatic rings. The highest BCUT2D eigenvalue weighted by molar-refractivity contribution is 6.16. The smallest absolute Gasteiger partial charge is 0.227 e. The van der Waals surface area contributed by atoms with E-state index in [1.165, 1.54) is 0 Å². The third-order valence-corrected chi connectivity index (χ3v) is 9.15. The first-order valence-corrected chi connectivity index (χ1v) is 16.5. The Morgan fingerprint density at radius 1 is 0.380 bits per heavy atom. The summed E-state index contributed by atoms with van der Waals surface area (Å²) < 4.78 is 12.8. The number of aromatic nitrogens is 4. The Morgan fingerprint density at radius 2 is 0.980 bits per heavy atom. The average molecular weight is 643 g/mol. The third-order valence-electron chi connectivity index (χ3n) is 9.15. The maximum absolute atomic E-state index is 6.43. The molecule has 50 heavy (non-hydrogen) atoms. The minimum Gasteiger partial charge on any atom is -0.456 e. The predicted molar refractivity (Wildman–Crippen MR) is 199 cm³/mol.